The number of halogens is 2. The van der Waals surface area contributed by atoms with Crippen LogP contribution in [0.25, 0.3) is 0 Å². The van der Waals surface area contributed by atoms with Crippen molar-refractivity contribution in [3.63, 3.8) is 0 Å². The number of amides is 1. The summed E-state index contributed by atoms with van der Waals surface area (Å²) in [6.07, 6.45) is 2.32. The lowest BCUT2D eigenvalue weighted by molar-refractivity contribution is 0.0955. The highest BCUT2D eigenvalue weighted by Gasteiger charge is 2.14. The van der Waals surface area contributed by atoms with Crippen molar-refractivity contribution in [2.45, 2.75) is 26.4 Å². The zero-order valence-corrected chi connectivity index (χ0v) is 16.3. The number of hydrazone groups is 1. The second-order valence-corrected chi connectivity index (χ2v) is 6.36. The van der Waals surface area contributed by atoms with E-state index in [9.17, 15) is 4.79 Å². The Morgan fingerprint density at radius 3 is 2.65 bits per heavy atom. The number of carbonyl (C=O) groups excluding carboxylic acids is 1. The molecule has 0 saturated heterocycles. The SMILES string of the molecule is CC[C@H](C)Oc1c(Cl)cc(/C=N\NC(=O)c2ccccc2Cl)cc1OC. The van der Waals surface area contributed by atoms with Gasteiger partial charge in [0, 0.05) is 0 Å². The van der Waals surface area contributed by atoms with Gasteiger partial charge in [0.15, 0.2) is 11.5 Å². The summed E-state index contributed by atoms with van der Waals surface area (Å²) >= 11 is 12.3. The maximum atomic E-state index is 12.1. The molecular weight excluding hydrogens is 375 g/mol. The molecule has 1 N–H and O–H groups in total. The van der Waals surface area contributed by atoms with Crippen LogP contribution >= 0.6 is 23.2 Å². The summed E-state index contributed by atoms with van der Waals surface area (Å²) in [7, 11) is 1.54. The van der Waals surface area contributed by atoms with E-state index in [0.29, 0.717) is 32.7 Å². The van der Waals surface area contributed by atoms with Crippen LogP contribution in [-0.2, 0) is 0 Å². The van der Waals surface area contributed by atoms with E-state index in [2.05, 4.69) is 10.5 Å². The van der Waals surface area contributed by atoms with Crippen molar-refractivity contribution >= 4 is 35.3 Å². The molecule has 1 amide bonds. The molecule has 5 nitrogen and oxygen atoms in total. The Labute approximate surface area is 162 Å². The van der Waals surface area contributed by atoms with Crippen molar-refractivity contribution < 1.29 is 14.3 Å². The highest BCUT2D eigenvalue weighted by atomic mass is 35.5. The topological polar surface area (TPSA) is 59.9 Å². The Morgan fingerprint density at radius 1 is 1.27 bits per heavy atom. The van der Waals surface area contributed by atoms with E-state index in [1.807, 2.05) is 13.8 Å². The Kier molecular flexibility index (Phi) is 7.30. The number of hydrogen-bond donors (Lipinski definition) is 1. The van der Waals surface area contributed by atoms with Crippen LogP contribution in [0.5, 0.6) is 11.5 Å². The van der Waals surface area contributed by atoms with Gasteiger partial charge < -0.3 is 9.47 Å². The van der Waals surface area contributed by atoms with Crippen molar-refractivity contribution in [3.8, 4) is 11.5 Å². The highest BCUT2D eigenvalue weighted by molar-refractivity contribution is 6.34. The van der Waals surface area contributed by atoms with Crippen LogP contribution in [0.15, 0.2) is 41.5 Å². The van der Waals surface area contributed by atoms with E-state index in [4.69, 9.17) is 32.7 Å². The van der Waals surface area contributed by atoms with Gasteiger partial charge in [-0.2, -0.15) is 5.10 Å². The summed E-state index contributed by atoms with van der Waals surface area (Å²) in [4.78, 5) is 12.1. The minimum Gasteiger partial charge on any atom is -0.493 e. The van der Waals surface area contributed by atoms with Crippen molar-refractivity contribution in [2.24, 2.45) is 5.10 Å². The molecule has 2 aromatic carbocycles. The van der Waals surface area contributed by atoms with Gasteiger partial charge in [-0.3, -0.25) is 4.79 Å². The fourth-order valence-electron chi connectivity index (χ4n) is 2.08. The fourth-order valence-corrected chi connectivity index (χ4v) is 2.57. The van der Waals surface area contributed by atoms with Crippen LogP contribution in [0, 0.1) is 0 Å². The van der Waals surface area contributed by atoms with E-state index >= 15 is 0 Å². The number of nitrogens with zero attached hydrogens (tertiary/aromatic N) is 1. The summed E-state index contributed by atoms with van der Waals surface area (Å²) in [5.74, 6) is 0.582. The Morgan fingerprint density at radius 2 is 2.00 bits per heavy atom. The molecule has 0 heterocycles. The molecule has 7 heteroatoms. The molecule has 0 spiro atoms. The molecule has 0 aliphatic heterocycles. The first kappa shape index (κ1) is 20.1. The van der Waals surface area contributed by atoms with Crippen LogP contribution in [0.2, 0.25) is 10.0 Å². The average molecular weight is 395 g/mol. The van der Waals surface area contributed by atoms with Crippen LogP contribution in [0.3, 0.4) is 0 Å². The minimum absolute atomic E-state index is 0.0100. The number of benzene rings is 2. The molecular formula is C19H20Cl2N2O3. The normalized spacial score (nSPS) is 12.0. The predicted octanol–water partition coefficient (Wildman–Crippen LogP) is 4.94. The monoisotopic (exact) mass is 394 g/mol. The largest absolute Gasteiger partial charge is 0.493 e. The van der Waals surface area contributed by atoms with Gasteiger partial charge in [0.05, 0.1) is 35.0 Å². The van der Waals surface area contributed by atoms with Gasteiger partial charge in [0.2, 0.25) is 0 Å². The summed E-state index contributed by atoms with van der Waals surface area (Å²) in [6, 6.07) is 10.2. The molecule has 26 heavy (non-hydrogen) atoms. The quantitative estimate of drug-likeness (QED) is 0.534. The smallest absolute Gasteiger partial charge is 0.272 e. The van der Waals surface area contributed by atoms with Crippen molar-refractivity contribution in [2.75, 3.05) is 7.11 Å². The lowest BCUT2D eigenvalue weighted by Crippen LogP contribution is -2.18. The van der Waals surface area contributed by atoms with Gasteiger partial charge >= 0.3 is 0 Å². The number of hydrogen-bond acceptors (Lipinski definition) is 4. The lowest BCUT2D eigenvalue weighted by atomic mass is 10.2. The fraction of sp³-hybridized carbons (Fsp3) is 0.263. The van der Waals surface area contributed by atoms with E-state index in [0.717, 1.165) is 6.42 Å². The average Bonchev–Trinajstić information content (AvgIpc) is 2.63. The van der Waals surface area contributed by atoms with E-state index in [1.54, 1.807) is 36.4 Å². The number of rotatable bonds is 7. The van der Waals surface area contributed by atoms with Crippen LogP contribution in [0.1, 0.15) is 36.2 Å². The molecule has 0 aromatic heterocycles. The van der Waals surface area contributed by atoms with Gasteiger partial charge in [0.25, 0.3) is 5.91 Å². The van der Waals surface area contributed by atoms with E-state index in [1.165, 1.54) is 13.3 Å². The molecule has 0 aliphatic carbocycles. The third kappa shape index (κ3) is 5.13. The molecule has 0 saturated carbocycles. The number of methoxy groups -OCH3 is 1. The van der Waals surface area contributed by atoms with Gasteiger partial charge in [0.1, 0.15) is 0 Å². The van der Waals surface area contributed by atoms with Gasteiger partial charge in [-0.15, -0.1) is 0 Å². The molecule has 0 bridgehead atoms. The van der Waals surface area contributed by atoms with Gasteiger partial charge in [-0.25, -0.2) is 5.43 Å². The van der Waals surface area contributed by atoms with Crippen molar-refractivity contribution in [1.82, 2.24) is 5.43 Å². The molecule has 138 valence electrons. The summed E-state index contributed by atoms with van der Waals surface area (Å²) in [6.45, 7) is 3.98. The zero-order valence-electron chi connectivity index (χ0n) is 14.8. The van der Waals surface area contributed by atoms with Gasteiger partial charge in [-0.1, -0.05) is 42.3 Å². The van der Waals surface area contributed by atoms with E-state index in [-0.39, 0.29) is 6.10 Å². The molecule has 2 rings (SSSR count). The lowest BCUT2D eigenvalue weighted by Gasteiger charge is -2.17. The first-order valence-corrected chi connectivity index (χ1v) is 8.84. The second kappa shape index (κ2) is 9.46. The summed E-state index contributed by atoms with van der Waals surface area (Å²) in [5, 5.41) is 4.71. The van der Waals surface area contributed by atoms with E-state index < -0.39 is 5.91 Å². The number of nitrogens with one attached hydrogen (secondary N) is 1. The molecule has 0 aliphatic rings. The molecule has 1 atom stereocenters. The Hall–Kier alpha value is -2.24. The van der Waals surface area contributed by atoms with Crippen LogP contribution < -0.4 is 14.9 Å². The standard InChI is InChI=1S/C19H20Cl2N2O3/c1-4-12(2)26-18-16(21)9-13(10-17(18)25-3)11-22-23-19(24)14-7-5-6-8-15(14)20/h5-12H,4H2,1-3H3,(H,23,24)/b22-11-/t12-/m0/s1. The Bertz CT molecular complexity index is 809. The Balaban J connectivity index is 2.14. The summed E-state index contributed by atoms with van der Waals surface area (Å²) < 4.78 is 11.1. The van der Waals surface area contributed by atoms with Crippen LogP contribution in [-0.4, -0.2) is 25.3 Å². The predicted molar refractivity (Wildman–Crippen MR) is 105 cm³/mol. The zero-order chi connectivity index (χ0) is 19.1. The van der Waals surface area contributed by atoms with Crippen LogP contribution in [0.4, 0.5) is 0 Å². The third-order valence-electron chi connectivity index (χ3n) is 3.64. The first-order valence-electron chi connectivity index (χ1n) is 8.08. The number of ether oxygens (including phenoxy) is 2. The third-order valence-corrected chi connectivity index (χ3v) is 4.25. The maximum Gasteiger partial charge on any atom is 0.272 e. The molecule has 0 unspecified atom stereocenters. The van der Waals surface area contributed by atoms with Crippen molar-refractivity contribution in [3.05, 3.63) is 57.6 Å². The minimum atomic E-state index is -0.401. The maximum absolute atomic E-state index is 12.1. The number of carbonyl (C=O) groups is 1. The molecule has 0 fully saturated rings. The molecule has 2 aromatic rings. The van der Waals surface area contributed by atoms with Gasteiger partial charge in [-0.05, 0) is 43.2 Å². The summed E-state index contributed by atoms with van der Waals surface area (Å²) in [5.41, 5.74) is 3.43. The first-order chi connectivity index (χ1) is 12.5. The highest BCUT2D eigenvalue weighted by Crippen LogP contribution is 2.37. The second-order valence-electron chi connectivity index (χ2n) is 5.55. The van der Waals surface area contributed by atoms with Crippen molar-refractivity contribution in [1.29, 1.82) is 0 Å². The molecule has 0 radical (unpaired) electrons.